The largest absolute Gasteiger partial charge is 0.423 e. The van der Waals surface area contributed by atoms with Gasteiger partial charge in [0.2, 0.25) is 0 Å². The number of nitrogens with one attached hydrogen (secondary N) is 1. The number of esters is 1. The van der Waals surface area contributed by atoms with Gasteiger partial charge in [-0.2, -0.15) is 5.26 Å². The summed E-state index contributed by atoms with van der Waals surface area (Å²) in [6, 6.07) is 21.5. The van der Waals surface area contributed by atoms with E-state index in [1.165, 1.54) is 12.1 Å². The molecule has 0 fully saturated rings. The Morgan fingerprint density at radius 1 is 0.933 bits per heavy atom. The van der Waals surface area contributed by atoms with Crippen molar-refractivity contribution in [3.8, 4) is 11.8 Å². The smallest absolute Gasteiger partial charge is 0.343 e. The van der Waals surface area contributed by atoms with Crippen molar-refractivity contribution in [2.45, 2.75) is 0 Å². The van der Waals surface area contributed by atoms with Crippen LogP contribution >= 0.6 is 23.2 Å². The number of hydrogen-bond acceptors (Lipinski definition) is 4. The second-order valence-corrected chi connectivity index (χ2v) is 6.89. The molecule has 1 N–H and O–H groups in total. The Labute approximate surface area is 183 Å². The maximum Gasteiger partial charge on any atom is 0.343 e. The van der Waals surface area contributed by atoms with E-state index >= 15 is 0 Å². The van der Waals surface area contributed by atoms with E-state index in [2.05, 4.69) is 5.32 Å². The Balaban J connectivity index is 1.69. The first-order valence-electron chi connectivity index (χ1n) is 8.72. The number of nitriles is 1. The van der Waals surface area contributed by atoms with Crippen molar-refractivity contribution >= 4 is 46.8 Å². The molecule has 0 aliphatic carbocycles. The Kier molecular flexibility index (Phi) is 6.87. The summed E-state index contributed by atoms with van der Waals surface area (Å²) in [4.78, 5) is 24.4. The van der Waals surface area contributed by atoms with Crippen LogP contribution in [0.1, 0.15) is 15.9 Å². The van der Waals surface area contributed by atoms with Crippen LogP contribution in [0.15, 0.2) is 78.4 Å². The van der Waals surface area contributed by atoms with Crippen molar-refractivity contribution in [3.05, 3.63) is 99.5 Å². The number of carbonyl (C=O) groups is 2. The average molecular weight is 437 g/mol. The average Bonchev–Trinajstić information content (AvgIpc) is 2.76. The van der Waals surface area contributed by atoms with Gasteiger partial charge in [0, 0.05) is 5.69 Å². The third-order valence-electron chi connectivity index (χ3n) is 3.95. The fraction of sp³-hybridized carbons (Fsp3) is 0. The minimum absolute atomic E-state index is 0.102. The first-order chi connectivity index (χ1) is 14.5. The number of hydrogen-bond donors (Lipinski definition) is 1. The van der Waals surface area contributed by atoms with Crippen molar-refractivity contribution in [2.75, 3.05) is 5.32 Å². The molecule has 0 spiro atoms. The Bertz CT molecular complexity index is 1150. The summed E-state index contributed by atoms with van der Waals surface area (Å²) >= 11 is 11.8. The molecule has 0 aromatic heterocycles. The van der Waals surface area contributed by atoms with E-state index in [4.69, 9.17) is 27.9 Å². The second kappa shape index (κ2) is 9.75. The third-order valence-corrected chi connectivity index (χ3v) is 4.69. The number of anilines is 1. The van der Waals surface area contributed by atoms with Gasteiger partial charge in [-0.1, -0.05) is 53.5 Å². The van der Waals surface area contributed by atoms with Crippen molar-refractivity contribution in [3.63, 3.8) is 0 Å². The second-order valence-electron chi connectivity index (χ2n) is 6.08. The highest BCUT2D eigenvalue weighted by molar-refractivity contribution is 6.42. The SMILES string of the molecule is N#C/C(=C\c1ccc(OC(=O)c2ccccc2)cc1)C(=O)Nc1ccc(Cl)c(Cl)c1. The number of benzene rings is 3. The lowest BCUT2D eigenvalue weighted by Gasteiger charge is -2.06. The molecular weight excluding hydrogens is 423 g/mol. The van der Waals surface area contributed by atoms with E-state index in [0.717, 1.165) is 0 Å². The Morgan fingerprint density at radius 2 is 1.63 bits per heavy atom. The number of halogens is 2. The van der Waals surface area contributed by atoms with Crippen LogP contribution in [0.25, 0.3) is 6.08 Å². The molecule has 0 aliphatic heterocycles. The van der Waals surface area contributed by atoms with Gasteiger partial charge >= 0.3 is 5.97 Å². The van der Waals surface area contributed by atoms with Gasteiger partial charge in [0.1, 0.15) is 17.4 Å². The lowest BCUT2D eigenvalue weighted by atomic mass is 10.1. The van der Waals surface area contributed by atoms with E-state index in [1.54, 1.807) is 60.7 Å². The number of rotatable bonds is 5. The third kappa shape index (κ3) is 5.48. The van der Waals surface area contributed by atoms with Crippen molar-refractivity contribution in [2.24, 2.45) is 0 Å². The van der Waals surface area contributed by atoms with Crippen LogP contribution < -0.4 is 10.1 Å². The van der Waals surface area contributed by atoms with Gasteiger partial charge in [0.25, 0.3) is 5.91 Å². The first kappa shape index (κ1) is 21.1. The van der Waals surface area contributed by atoms with Crippen LogP contribution in [0, 0.1) is 11.3 Å². The van der Waals surface area contributed by atoms with Crippen LogP contribution in [-0.2, 0) is 4.79 Å². The van der Waals surface area contributed by atoms with Crippen molar-refractivity contribution in [1.82, 2.24) is 0 Å². The molecule has 7 heteroatoms. The number of amides is 1. The zero-order valence-electron chi connectivity index (χ0n) is 15.4. The van der Waals surface area contributed by atoms with Crippen molar-refractivity contribution in [1.29, 1.82) is 5.26 Å². The molecule has 0 bridgehead atoms. The molecule has 3 rings (SSSR count). The monoisotopic (exact) mass is 436 g/mol. The van der Waals surface area contributed by atoms with Crippen LogP contribution in [0.5, 0.6) is 5.75 Å². The van der Waals surface area contributed by atoms with E-state index in [1.807, 2.05) is 12.1 Å². The molecular formula is C23H14Cl2N2O3. The highest BCUT2D eigenvalue weighted by Gasteiger charge is 2.11. The molecule has 30 heavy (non-hydrogen) atoms. The zero-order chi connectivity index (χ0) is 21.5. The van der Waals surface area contributed by atoms with Gasteiger partial charge in [-0.15, -0.1) is 0 Å². The first-order valence-corrected chi connectivity index (χ1v) is 9.47. The number of nitrogens with zero attached hydrogens (tertiary/aromatic N) is 1. The summed E-state index contributed by atoms with van der Waals surface area (Å²) in [5.41, 5.74) is 1.34. The van der Waals surface area contributed by atoms with Crippen LogP contribution in [-0.4, -0.2) is 11.9 Å². The van der Waals surface area contributed by atoms with Crippen LogP contribution in [0.4, 0.5) is 5.69 Å². The fourth-order valence-electron chi connectivity index (χ4n) is 2.46. The molecule has 1 amide bonds. The van der Waals surface area contributed by atoms with Crippen molar-refractivity contribution < 1.29 is 14.3 Å². The summed E-state index contributed by atoms with van der Waals surface area (Å²) < 4.78 is 5.31. The van der Waals surface area contributed by atoms with E-state index < -0.39 is 11.9 Å². The maximum absolute atomic E-state index is 12.4. The molecule has 3 aromatic carbocycles. The predicted octanol–water partition coefficient (Wildman–Crippen LogP) is 5.76. The molecule has 0 saturated carbocycles. The van der Waals surface area contributed by atoms with Crippen LogP contribution in [0.3, 0.4) is 0 Å². The highest BCUT2D eigenvalue weighted by Crippen LogP contribution is 2.25. The lowest BCUT2D eigenvalue weighted by molar-refractivity contribution is -0.112. The maximum atomic E-state index is 12.4. The minimum Gasteiger partial charge on any atom is -0.423 e. The van der Waals surface area contributed by atoms with Gasteiger partial charge in [0.15, 0.2) is 0 Å². The molecule has 0 heterocycles. The van der Waals surface area contributed by atoms with Gasteiger partial charge in [0.05, 0.1) is 15.6 Å². The van der Waals surface area contributed by atoms with E-state index in [0.29, 0.717) is 27.6 Å². The molecule has 0 radical (unpaired) electrons. The topological polar surface area (TPSA) is 79.2 Å². The highest BCUT2D eigenvalue weighted by atomic mass is 35.5. The van der Waals surface area contributed by atoms with Gasteiger partial charge in [-0.3, -0.25) is 4.79 Å². The number of ether oxygens (including phenoxy) is 1. The molecule has 148 valence electrons. The summed E-state index contributed by atoms with van der Waals surface area (Å²) in [6.45, 7) is 0. The van der Waals surface area contributed by atoms with Gasteiger partial charge in [-0.25, -0.2) is 4.79 Å². The molecule has 0 unspecified atom stereocenters. The Hall–Kier alpha value is -3.59. The summed E-state index contributed by atoms with van der Waals surface area (Å²) in [6.07, 6.45) is 1.43. The van der Waals surface area contributed by atoms with E-state index in [9.17, 15) is 14.9 Å². The molecule has 0 aliphatic rings. The fourth-order valence-corrected chi connectivity index (χ4v) is 2.76. The van der Waals surface area contributed by atoms with Crippen LogP contribution in [0.2, 0.25) is 10.0 Å². The molecule has 3 aromatic rings. The molecule has 0 saturated heterocycles. The Morgan fingerprint density at radius 3 is 2.27 bits per heavy atom. The van der Waals surface area contributed by atoms with Gasteiger partial charge in [-0.05, 0) is 54.1 Å². The zero-order valence-corrected chi connectivity index (χ0v) is 16.9. The molecule has 5 nitrogen and oxygen atoms in total. The molecule has 0 atom stereocenters. The quantitative estimate of drug-likeness (QED) is 0.238. The van der Waals surface area contributed by atoms with E-state index in [-0.39, 0.29) is 10.6 Å². The standard InChI is InChI=1S/C23H14Cl2N2O3/c24-20-11-8-18(13-21(20)25)27-22(28)17(14-26)12-15-6-9-19(10-7-15)30-23(29)16-4-2-1-3-5-16/h1-13H,(H,27,28)/b17-12+. The minimum atomic E-state index is -0.588. The summed E-state index contributed by atoms with van der Waals surface area (Å²) in [5, 5.41) is 12.6. The normalized spacial score (nSPS) is 10.8. The lowest BCUT2D eigenvalue weighted by Crippen LogP contribution is -2.13. The summed E-state index contributed by atoms with van der Waals surface area (Å²) in [7, 11) is 0. The predicted molar refractivity (Wildman–Crippen MR) is 117 cm³/mol. The number of carbonyl (C=O) groups excluding carboxylic acids is 2. The summed E-state index contributed by atoms with van der Waals surface area (Å²) in [5.74, 6) is -0.715. The van der Waals surface area contributed by atoms with Gasteiger partial charge < -0.3 is 10.1 Å².